The lowest BCUT2D eigenvalue weighted by molar-refractivity contribution is 0.693. The molecule has 0 spiro atoms. The minimum absolute atomic E-state index is 0.846. The smallest absolute Gasteiger partial charge is 0.137 e. The van der Waals surface area contributed by atoms with E-state index in [4.69, 9.17) is 0 Å². The van der Waals surface area contributed by atoms with Gasteiger partial charge in [0.05, 0.1) is 0 Å². The number of aromatic nitrogens is 3. The van der Waals surface area contributed by atoms with E-state index in [0.717, 1.165) is 24.1 Å². The van der Waals surface area contributed by atoms with Gasteiger partial charge in [0.1, 0.15) is 5.65 Å². The summed E-state index contributed by atoms with van der Waals surface area (Å²) in [7, 11) is 0. The number of aromatic amines is 1. The van der Waals surface area contributed by atoms with Crippen LogP contribution in [0.15, 0.2) is 73.3 Å². The highest BCUT2D eigenvalue weighted by Gasteiger charge is 2.05. The van der Waals surface area contributed by atoms with Gasteiger partial charge in [0.15, 0.2) is 0 Å². The van der Waals surface area contributed by atoms with Gasteiger partial charge in [-0.05, 0) is 46.5 Å². The topological polar surface area (TPSA) is 53.6 Å². The third-order valence-electron chi connectivity index (χ3n) is 4.13. The van der Waals surface area contributed by atoms with Crippen LogP contribution in [0.3, 0.4) is 0 Å². The van der Waals surface area contributed by atoms with Gasteiger partial charge in [-0.25, -0.2) is 4.98 Å². The molecule has 0 atom stereocenters. The maximum absolute atomic E-state index is 4.34. The number of hydrogen-bond donors (Lipinski definition) is 2. The van der Waals surface area contributed by atoms with Gasteiger partial charge >= 0.3 is 0 Å². The number of H-pyrrole nitrogens is 1. The summed E-state index contributed by atoms with van der Waals surface area (Å²) in [6, 6.07) is 16.9. The molecule has 0 aliphatic rings. The fourth-order valence-electron chi connectivity index (χ4n) is 2.87. The highest BCUT2D eigenvalue weighted by molar-refractivity contribution is 5.92. The Morgan fingerprint density at radius 1 is 0.792 bits per heavy atom. The molecule has 0 fully saturated rings. The summed E-state index contributed by atoms with van der Waals surface area (Å²) < 4.78 is 0. The first-order valence-electron chi connectivity index (χ1n) is 8.01. The zero-order chi connectivity index (χ0) is 16.2. The second kappa shape index (κ2) is 6.64. The number of benzene rings is 1. The predicted molar refractivity (Wildman–Crippen MR) is 96.3 cm³/mol. The molecule has 0 saturated heterocycles. The zero-order valence-electron chi connectivity index (χ0n) is 13.2. The number of hydrogen-bond acceptors (Lipinski definition) is 3. The highest BCUT2D eigenvalue weighted by Crippen LogP contribution is 2.27. The number of pyridine rings is 2. The van der Waals surface area contributed by atoms with Crippen LogP contribution < -0.4 is 5.32 Å². The van der Waals surface area contributed by atoms with E-state index in [1.165, 1.54) is 22.3 Å². The van der Waals surface area contributed by atoms with Crippen molar-refractivity contribution in [3.05, 3.63) is 84.4 Å². The second-order valence-electron chi connectivity index (χ2n) is 5.75. The first kappa shape index (κ1) is 14.6. The quantitative estimate of drug-likeness (QED) is 0.587. The van der Waals surface area contributed by atoms with Crippen LogP contribution in [-0.2, 0) is 13.1 Å². The molecule has 0 unspecified atom stereocenters. The zero-order valence-corrected chi connectivity index (χ0v) is 13.2. The van der Waals surface area contributed by atoms with Gasteiger partial charge in [0, 0.05) is 43.3 Å². The molecule has 0 radical (unpaired) electrons. The lowest BCUT2D eigenvalue weighted by Crippen LogP contribution is -2.12. The van der Waals surface area contributed by atoms with E-state index in [9.17, 15) is 0 Å². The largest absolute Gasteiger partial charge is 0.346 e. The Bertz CT molecular complexity index is 927. The van der Waals surface area contributed by atoms with Crippen LogP contribution in [0.25, 0.3) is 22.2 Å². The van der Waals surface area contributed by atoms with Gasteiger partial charge in [-0.1, -0.05) is 24.3 Å². The molecule has 3 heterocycles. The van der Waals surface area contributed by atoms with Crippen molar-refractivity contribution < 1.29 is 0 Å². The minimum Gasteiger partial charge on any atom is -0.346 e. The van der Waals surface area contributed by atoms with Crippen LogP contribution in [0, 0.1) is 0 Å². The van der Waals surface area contributed by atoms with Gasteiger partial charge in [0.25, 0.3) is 0 Å². The SMILES string of the molecule is c1cc(CNCc2ccc(-c3ccnc4[nH]ccc34)cc2)ccn1. The molecule has 2 N–H and O–H groups in total. The third-order valence-corrected chi connectivity index (χ3v) is 4.13. The Balaban J connectivity index is 1.46. The van der Waals surface area contributed by atoms with Crippen molar-refractivity contribution in [2.75, 3.05) is 0 Å². The number of rotatable bonds is 5. The molecule has 4 heteroatoms. The van der Waals surface area contributed by atoms with Crippen LogP contribution in [0.1, 0.15) is 11.1 Å². The van der Waals surface area contributed by atoms with Crippen LogP contribution in [0.2, 0.25) is 0 Å². The summed E-state index contributed by atoms with van der Waals surface area (Å²) in [5, 5.41) is 4.61. The molecule has 24 heavy (non-hydrogen) atoms. The highest BCUT2D eigenvalue weighted by atomic mass is 14.8. The standard InChI is InChI=1S/C20H18N4/c1-3-17(18-7-11-23-20-19(18)8-12-24-20)4-2-15(1)13-22-14-16-5-9-21-10-6-16/h1-12,22H,13-14H2,(H,23,24). The molecule has 3 aromatic heterocycles. The molecule has 0 aliphatic heterocycles. The van der Waals surface area contributed by atoms with Gasteiger partial charge in [-0.3, -0.25) is 4.98 Å². The molecule has 0 amide bonds. The van der Waals surface area contributed by atoms with Crippen LogP contribution in [-0.4, -0.2) is 15.0 Å². The second-order valence-corrected chi connectivity index (χ2v) is 5.75. The van der Waals surface area contributed by atoms with E-state index >= 15 is 0 Å². The third kappa shape index (κ3) is 3.05. The van der Waals surface area contributed by atoms with Gasteiger partial charge in [0.2, 0.25) is 0 Å². The summed E-state index contributed by atoms with van der Waals surface area (Å²) >= 11 is 0. The molecule has 118 valence electrons. The maximum Gasteiger partial charge on any atom is 0.137 e. The Morgan fingerprint density at radius 3 is 2.33 bits per heavy atom. The maximum atomic E-state index is 4.34. The van der Waals surface area contributed by atoms with Gasteiger partial charge in [-0.15, -0.1) is 0 Å². The monoisotopic (exact) mass is 314 g/mol. The Hall–Kier alpha value is -2.98. The number of nitrogens with zero attached hydrogens (tertiary/aromatic N) is 2. The predicted octanol–water partition coefficient (Wildman–Crippen LogP) is 3.91. The van der Waals surface area contributed by atoms with E-state index in [1.54, 1.807) is 0 Å². The van der Waals surface area contributed by atoms with Crippen molar-refractivity contribution >= 4 is 11.0 Å². The summed E-state index contributed by atoms with van der Waals surface area (Å²) in [5.74, 6) is 0. The average Bonchev–Trinajstić information content (AvgIpc) is 3.12. The molecule has 0 saturated carbocycles. The average molecular weight is 314 g/mol. The van der Waals surface area contributed by atoms with Gasteiger partial charge in [-0.2, -0.15) is 0 Å². The van der Waals surface area contributed by atoms with E-state index in [-0.39, 0.29) is 0 Å². The normalized spacial score (nSPS) is 11.0. The van der Waals surface area contributed by atoms with Gasteiger partial charge < -0.3 is 10.3 Å². The minimum atomic E-state index is 0.846. The first-order chi connectivity index (χ1) is 11.9. The van der Waals surface area contributed by atoms with Crippen LogP contribution in [0.4, 0.5) is 0 Å². The molecular weight excluding hydrogens is 296 g/mol. The van der Waals surface area contributed by atoms with Crippen molar-refractivity contribution in [3.8, 4) is 11.1 Å². The fraction of sp³-hybridized carbons (Fsp3) is 0.100. The molecule has 4 rings (SSSR count). The lowest BCUT2D eigenvalue weighted by atomic mass is 10.0. The Labute approximate surface area is 140 Å². The van der Waals surface area contributed by atoms with Crippen molar-refractivity contribution in [1.82, 2.24) is 20.3 Å². The molecule has 0 aliphatic carbocycles. The van der Waals surface area contributed by atoms with E-state index < -0.39 is 0 Å². The van der Waals surface area contributed by atoms with E-state index in [2.05, 4.69) is 56.7 Å². The summed E-state index contributed by atoms with van der Waals surface area (Å²) in [5.41, 5.74) is 5.86. The number of nitrogens with one attached hydrogen (secondary N) is 2. The van der Waals surface area contributed by atoms with Crippen molar-refractivity contribution in [2.24, 2.45) is 0 Å². The fourth-order valence-corrected chi connectivity index (χ4v) is 2.87. The molecule has 4 aromatic rings. The van der Waals surface area contributed by atoms with Crippen molar-refractivity contribution in [3.63, 3.8) is 0 Å². The van der Waals surface area contributed by atoms with E-state index in [1.807, 2.05) is 36.9 Å². The summed E-state index contributed by atoms with van der Waals surface area (Å²) in [6.07, 6.45) is 7.42. The lowest BCUT2D eigenvalue weighted by Gasteiger charge is -2.07. The Kier molecular flexibility index (Phi) is 4.04. The molecule has 0 bridgehead atoms. The van der Waals surface area contributed by atoms with Crippen molar-refractivity contribution in [1.29, 1.82) is 0 Å². The van der Waals surface area contributed by atoms with Crippen LogP contribution >= 0.6 is 0 Å². The summed E-state index contributed by atoms with van der Waals surface area (Å²) in [6.45, 7) is 1.69. The van der Waals surface area contributed by atoms with Crippen LogP contribution in [0.5, 0.6) is 0 Å². The molecule has 4 nitrogen and oxygen atoms in total. The number of fused-ring (bicyclic) bond motifs is 1. The summed E-state index contributed by atoms with van der Waals surface area (Å²) in [4.78, 5) is 11.5. The van der Waals surface area contributed by atoms with Crippen molar-refractivity contribution in [2.45, 2.75) is 13.1 Å². The first-order valence-corrected chi connectivity index (χ1v) is 8.01. The molecule has 1 aromatic carbocycles. The Morgan fingerprint density at radius 2 is 1.54 bits per heavy atom. The molecular formula is C20H18N4. The van der Waals surface area contributed by atoms with E-state index in [0.29, 0.717) is 0 Å².